The van der Waals surface area contributed by atoms with Crippen molar-refractivity contribution in [2.45, 2.75) is 38.1 Å². The van der Waals surface area contributed by atoms with E-state index in [1.165, 1.54) is 12.8 Å². The zero-order chi connectivity index (χ0) is 21.3. The number of primary amides is 1. The monoisotopic (exact) mass is 405 g/mol. The molecule has 0 saturated carbocycles. The van der Waals surface area contributed by atoms with Gasteiger partial charge in [-0.3, -0.25) is 4.79 Å². The average Bonchev–Trinajstić information content (AvgIpc) is 3.13. The zero-order valence-electron chi connectivity index (χ0n) is 17.5. The first-order valence-corrected chi connectivity index (χ1v) is 10.5. The maximum atomic E-state index is 10.8. The Hall–Kier alpha value is -1.97. The van der Waals surface area contributed by atoms with Crippen LogP contribution < -0.4 is 33.6 Å². The summed E-state index contributed by atoms with van der Waals surface area (Å²) in [5, 5.41) is 7.81. The first-order valence-electron chi connectivity index (χ1n) is 10.5. The van der Waals surface area contributed by atoms with Crippen LogP contribution in [-0.4, -0.2) is 56.2 Å². The van der Waals surface area contributed by atoms with Gasteiger partial charge in [0.25, 0.3) is 0 Å². The molecule has 0 unspecified atom stereocenters. The minimum Gasteiger partial charge on any atom is -0.368 e. The summed E-state index contributed by atoms with van der Waals surface area (Å²) < 4.78 is 0. The number of unbranched alkanes of at least 4 members (excludes halogenated alkanes) is 1. The van der Waals surface area contributed by atoms with Gasteiger partial charge in [0.15, 0.2) is 0 Å². The molecule has 11 N–H and O–H groups in total. The lowest BCUT2D eigenvalue weighted by atomic mass is 10.1. The Kier molecular flexibility index (Phi) is 13.7. The second-order valence-corrected chi connectivity index (χ2v) is 7.06. The number of nitrogens with one attached hydrogen (secondary N) is 3. The van der Waals surface area contributed by atoms with Gasteiger partial charge in [0.05, 0.1) is 6.04 Å². The van der Waals surface area contributed by atoms with Crippen molar-refractivity contribution in [3.8, 4) is 0 Å². The van der Waals surface area contributed by atoms with Crippen molar-refractivity contribution in [3.05, 3.63) is 36.0 Å². The normalized spacial score (nSPS) is 11.8. The van der Waals surface area contributed by atoms with Gasteiger partial charge in [-0.1, -0.05) is 18.2 Å². The molecule has 29 heavy (non-hydrogen) atoms. The SMILES string of the molecule is NC(=O)[C@@H](N)Cc1c[nH]c2ccccc12.NCCCNCCCCNCCCN. The highest BCUT2D eigenvalue weighted by atomic mass is 16.1. The molecule has 1 aromatic heterocycles. The van der Waals surface area contributed by atoms with Gasteiger partial charge in [0.1, 0.15) is 0 Å². The Morgan fingerprint density at radius 3 is 2.03 bits per heavy atom. The van der Waals surface area contributed by atoms with E-state index in [2.05, 4.69) is 15.6 Å². The first-order chi connectivity index (χ1) is 14.1. The Labute approximate surface area is 174 Å². The van der Waals surface area contributed by atoms with Gasteiger partial charge in [0, 0.05) is 17.1 Å². The highest BCUT2D eigenvalue weighted by Crippen LogP contribution is 2.18. The van der Waals surface area contributed by atoms with Crippen LogP contribution in [0.15, 0.2) is 30.5 Å². The Morgan fingerprint density at radius 2 is 1.48 bits per heavy atom. The van der Waals surface area contributed by atoms with E-state index in [1.54, 1.807) is 0 Å². The predicted molar refractivity (Wildman–Crippen MR) is 121 cm³/mol. The number of nitrogens with two attached hydrogens (primary N) is 4. The molecule has 0 fully saturated rings. The van der Waals surface area contributed by atoms with Crippen molar-refractivity contribution in [3.63, 3.8) is 0 Å². The highest BCUT2D eigenvalue weighted by molar-refractivity contribution is 5.85. The molecule has 164 valence electrons. The van der Waals surface area contributed by atoms with Crippen molar-refractivity contribution in [2.75, 3.05) is 39.3 Å². The molecular weight excluding hydrogens is 366 g/mol. The van der Waals surface area contributed by atoms with E-state index < -0.39 is 11.9 Å². The number of para-hydroxylation sites is 1. The summed E-state index contributed by atoms with van der Waals surface area (Å²) >= 11 is 0. The minimum absolute atomic E-state index is 0.472. The summed E-state index contributed by atoms with van der Waals surface area (Å²) in [6.07, 6.45) is 6.97. The number of carbonyl (C=O) groups excluding carboxylic acids is 1. The number of hydrogen-bond donors (Lipinski definition) is 7. The lowest BCUT2D eigenvalue weighted by Crippen LogP contribution is -2.38. The lowest BCUT2D eigenvalue weighted by Gasteiger charge is -2.05. The van der Waals surface area contributed by atoms with E-state index in [4.69, 9.17) is 22.9 Å². The van der Waals surface area contributed by atoms with Crippen molar-refractivity contribution >= 4 is 16.8 Å². The van der Waals surface area contributed by atoms with Gasteiger partial charge in [-0.05, 0) is 83.0 Å². The number of carbonyl (C=O) groups is 1. The molecule has 0 radical (unpaired) electrons. The first kappa shape index (κ1) is 25.1. The molecule has 1 heterocycles. The maximum absolute atomic E-state index is 10.8. The molecule has 1 atom stereocenters. The van der Waals surface area contributed by atoms with E-state index in [0.717, 1.165) is 68.6 Å². The number of aromatic amines is 1. The van der Waals surface area contributed by atoms with Crippen molar-refractivity contribution in [2.24, 2.45) is 22.9 Å². The number of rotatable bonds is 14. The molecule has 0 spiro atoms. The van der Waals surface area contributed by atoms with Crippen molar-refractivity contribution in [1.82, 2.24) is 15.6 Å². The van der Waals surface area contributed by atoms with Gasteiger partial charge in [-0.25, -0.2) is 0 Å². The lowest BCUT2D eigenvalue weighted by molar-refractivity contribution is -0.119. The molecule has 0 aliphatic carbocycles. The van der Waals surface area contributed by atoms with Crippen LogP contribution in [-0.2, 0) is 11.2 Å². The van der Waals surface area contributed by atoms with Gasteiger partial charge in [0.2, 0.25) is 5.91 Å². The van der Waals surface area contributed by atoms with Gasteiger partial charge >= 0.3 is 0 Å². The van der Waals surface area contributed by atoms with Crippen LogP contribution in [0.2, 0.25) is 0 Å². The number of aromatic nitrogens is 1. The minimum atomic E-state index is -0.621. The Balaban J connectivity index is 0.000000291. The largest absolute Gasteiger partial charge is 0.368 e. The third-order valence-electron chi connectivity index (χ3n) is 4.55. The van der Waals surface area contributed by atoms with Gasteiger partial charge < -0.3 is 38.6 Å². The Bertz CT molecular complexity index is 662. The summed E-state index contributed by atoms with van der Waals surface area (Å²) in [4.78, 5) is 14.0. The molecule has 1 amide bonds. The standard InChI is InChI=1S/C11H13N3O.C10H26N4/c12-9(11(13)15)5-7-6-14-10-4-2-1-3-8(7)10;11-5-3-9-13-7-1-2-8-14-10-4-6-12/h1-4,6,9,14H,5,12H2,(H2,13,15);13-14H,1-12H2/t9-;/m0./s1. The van der Waals surface area contributed by atoms with Crippen molar-refractivity contribution < 1.29 is 4.79 Å². The fourth-order valence-electron chi connectivity index (χ4n) is 2.84. The number of amides is 1. The Morgan fingerprint density at radius 1 is 0.931 bits per heavy atom. The average molecular weight is 406 g/mol. The van der Waals surface area contributed by atoms with E-state index in [1.807, 2.05) is 30.5 Å². The second kappa shape index (κ2) is 15.9. The molecule has 0 aliphatic rings. The zero-order valence-corrected chi connectivity index (χ0v) is 17.5. The summed E-state index contributed by atoms with van der Waals surface area (Å²) in [5.41, 5.74) is 23.6. The van der Waals surface area contributed by atoms with Crippen LogP contribution in [0, 0.1) is 0 Å². The second-order valence-electron chi connectivity index (χ2n) is 7.06. The van der Waals surface area contributed by atoms with Crippen LogP contribution in [0.1, 0.15) is 31.2 Å². The number of fused-ring (bicyclic) bond motifs is 1. The third-order valence-corrected chi connectivity index (χ3v) is 4.55. The van der Waals surface area contributed by atoms with Gasteiger partial charge in [-0.15, -0.1) is 0 Å². The molecule has 2 aromatic rings. The fourth-order valence-corrected chi connectivity index (χ4v) is 2.84. The summed E-state index contributed by atoms with van der Waals surface area (Å²) in [5.74, 6) is -0.472. The summed E-state index contributed by atoms with van der Waals surface area (Å²) in [6.45, 7) is 5.90. The van der Waals surface area contributed by atoms with Crippen LogP contribution in [0.4, 0.5) is 0 Å². The quantitative estimate of drug-likeness (QED) is 0.222. The van der Waals surface area contributed by atoms with Gasteiger partial charge in [-0.2, -0.15) is 0 Å². The highest BCUT2D eigenvalue weighted by Gasteiger charge is 2.12. The van der Waals surface area contributed by atoms with E-state index >= 15 is 0 Å². The number of benzene rings is 1. The van der Waals surface area contributed by atoms with Crippen LogP contribution in [0.5, 0.6) is 0 Å². The molecule has 2 rings (SSSR count). The van der Waals surface area contributed by atoms with E-state index in [-0.39, 0.29) is 0 Å². The van der Waals surface area contributed by atoms with Crippen LogP contribution >= 0.6 is 0 Å². The molecule has 8 nitrogen and oxygen atoms in total. The third kappa shape index (κ3) is 11.0. The topological polar surface area (TPSA) is 161 Å². The molecule has 0 saturated heterocycles. The molecule has 1 aromatic carbocycles. The van der Waals surface area contributed by atoms with Crippen LogP contribution in [0.25, 0.3) is 10.9 Å². The smallest absolute Gasteiger partial charge is 0.234 e. The molecule has 0 aliphatic heterocycles. The molecular formula is C21H39N7O. The number of H-pyrrole nitrogens is 1. The number of hydrogen-bond acceptors (Lipinski definition) is 6. The molecule has 8 heteroatoms. The summed E-state index contributed by atoms with van der Waals surface area (Å²) in [6, 6.07) is 7.26. The fraction of sp³-hybridized carbons (Fsp3) is 0.571. The van der Waals surface area contributed by atoms with E-state index in [0.29, 0.717) is 6.42 Å². The van der Waals surface area contributed by atoms with E-state index in [9.17, 15) is 4.79 Å². The van der Waals surface area contributed by atoms with Crippen molar-refractivity contribution in [1.29, 1.82) is 0 Å². The molecule has 0 bridgehead atoms. The van der Waals surface area contributed by atoms with Crippen LogP contribution in [0.3, 0.4) is 0 Å². The predicted octanol–water partition coefficient (Wildman–Crippen LogP) is 0.166. The maximum Gasteiger partial charge on any atom is 0.234 e. The summed E-state index contributed by atoms with van der Waals surface area (Å²) in [7, 11) is 0.